The number of hydrogen-bond donors (Lipinski definition) is 1. The molecule has 122 valence electrons. The Hall–Kier alpha value is -0.650. The molecule has 5 nitrogen and oxygen atoms in total. The van der Waals surface area contributed by atoms with Gasteiger partial charge in [0.05, 0.1) is 23.9 Å². The van der Waals surface area contributed by atoms with E-state index < -0.39 is 11.1 Å². The van der Waals surface area contributed by atoms with Gasteiger partial charge in [0.2, 0.25) is 0 Å². The molecule has 2 rings (SSSR count). The summed E-state index contributed by atoms with van der Waals surface area (Å²) in [5, 5.41) is 3.44. The second kappa shape index (κ2) is 5.86. The van der Waals surface area contributed by atoms with Gasteiger partial charge < -0.3 is 14.2 Å². The van der Waals surface area contributed by atoms with Crippen LogP contribution in [0.3, 0.4) is 0 Å². The van der Waals surface area contributed by atoms with Crippen molar-refractivity contribution in [2.45, 2.75) is 76.7 Å². The molecule has 2 aliphatic rings. The van der Waals surface area contributed by atoms with Gasteiger partial charge in [-0.1, -0.05) is 0 Å². The van der Waals surface area contributed by atoms with Gasteiger partial charge in [-0.15, -0.1) is 0 Å². The van der Waals surface area contributed by atoms with Gasteiger partial charge in [-0.2, -0.15) is 0 Å². The van der Waals surface area contributed by atoms with Crippen molar-refractivity contribution in [2.24, 2.45) is 0 Å². The van der Waals surface area contributed by atoms with Crippen LogP contribution in [-0.4, -0.2) is 48.6 Å². The molecule has 0 amide bonds. The van der Waals surface area contributed by atoms with Crippen LogP contribution in [0.5, 0.6) is 0 Å². The lowest BCUT2D eigenvalue weighted by molar-refractivity contribution is -0.160. The fraction of sp³-hybridized carbons (Fsp3) is 0.938. The third kappa shape index (κ3) is 3.25. The van der Waals surface area contributed by atoms with E-state index in [4.69, 9.17) is 14.2 Å². The van der Waals surface area contributed by atoms with Crippen molar-refractivity contribution in [2.75, 3.05) is 19.8 Å². The number of esters is 1. The van der Waals surface area contributed by atoms with Crippen LogP contribution in [-0.2, 0) is 19.0 Å². The summed E-state index contributed by atoms with van der Waals surface area (Å²) >= 11 is 0. The van der Waals surface area contributed by atoms with E-state index in [0.717, 1.165) is 19.4 Å². The van der Waals surface area contributed by atoms with Gasteiger partial charge in [0.15, 0.2) is 0 Å². The van der Waals surface area contributed by atoms with Crippen LogP contribution in [0.4, 0.5) is 0 Å². The lowest BCUT2D eigenvalue weighted by Gasteiger charge is -2.38. The minimum Gasteiger partial charge on any atom is -0.465 e. The Morgan fingerprint density at radius 1 is 1.33 bits per heavy atom. The molecule has 0 bridgehead atoms. The summed E-state index contributed by atoms with van der Waals surface area (Å²) in [5.41, 5.74) is -1.81. The summed E-state index contributed by atoms with van der Waals surface area (Å²) in [5.74, 6) is -0.224. The van der Waals surface area contributed by atoms with Gasteiger partial charge in [0.1, 0.15) is 5.54 Å². The molecule has 0 saturated carbocycles. The molecule has 0 aromatic heterocycles. The monoisotopic (exact) mass is 299 g/mol. The molecule has 0 radical (unpaired) electrons. The predicted octanol–water partition coefficient (Wildman–Crippen LogP) is 2.03. The maximum Gasteiger partial charge on any atom is 0.329 e. The van der Waals surface area contributed by atoms with Crippen LogP contribution in [0.1, 0.15) is 53.9 Å². The maximum absolute atomic E-state index is 12.7. The highest BCUT2D eigenvalue weighted by Crippen LogP contribution is 2.45. The largest absolute Gasteiger partial charge is 0.465 e. The van der Waals surface area contributed by atoms with E-state index in [9.17, 15) is 4.79 Å². The average molecular weight is 299 g/mol. The van der Waals surface area contributed by atoms with E-state index in [1.165, 1.54) is 0 Å². The van der Waals surface area contributed by atoms with Crippen LogP contribution < -0.4 is 5.32 Å². The highest BCUT2D eigenvalue weighted by molar-refractivity contribution is 5.83. The maximum atomic E-state index is 12.7. The first kappa shape index (κ1) is 16.7. The molecule has 2 unspecified atom stereocenters. The highest BCUT2D eigenvalue weighted by Gasteiger charge is 2.62. The zero-order chi connectivity index (χ0) is 15.7. The summed E-state index contributed by atoms with van der Waals surface area (Å²) in [6.07, 6.45) is 2.90. The summed E-state index contributed by atoms with van der Waals surface area (Å²) in [4.78, 5) is 12.7. The minimum atomic E-state index is -0.821. The van der Waals surface area contributed by atoms with Crippen molar-refractivity contribution >= 4 is 5.97 Å². The van der Waals surface area contributed by atoms with E-state index >= 15 is 0 Å². The second-order valence-electron chi connectivity index (χ2n) is 7.19. The topological polar surface area (TPSA) is 56.8 Å². The molecule has 0 spiro atoms. The Kier molecular flexibility index (Phi) is 4.66. The van der Waals surface area contributed by atoms with Gasteiger partial charge in [0.25, 0.3) is 0 Å². The van der Waals surface area contributed by atoms with E-state index in [-0.39, 0.29) is 17.7 Å². The van der Waals surface area contributed by atoms with Gasteiger partial charge in [-0.05, 0) is 47.5 Å². The van der Waals surface area contributed by atoms with Crippen LogP contribution >= 0.6 is 0 Å². The van der Waals surface area contributed by atoms with Crippen LogP contribution in [0.15, 0.2) is 0 Å². The number of ether oxygens (including phenoxy) is 3. The molecule has 1 N–H and O–H groups in total. The SMILES string of the molecule is CCOC(=O)C1(NCC2CCCO2)CC(C)(C)OC1(C)C. The normalized spacial score (nSPS) is 34.0. The molecule has 5 heteroatoms. The summed E-state index contributed by atoms with van der Waals surface area (Å²) in [6.45, 7) is 11.6. The number of carbonyl (C=O) groups is 1. The van der Waals surface area contributed by atoms with Gasteiger partial charge in [-0.3, -0.25) is 5.32 Å². The predicted molar refractivity (Wildman–Crippen MR) is 80.2 cm³/mol. The Labute approximate surface area is 127 Å². The Morgan fingerprint density at radius 3 is 2.52 bits per heavy atom. The molecule has 2 fully saturated rings. The van der Waals surface area contributed by atoms with E-state index in [0.29, 0.717) is 19.6 Å². The fourth-order valence-electron chi connectivity index (χ4n) is 3.68. The molecule has 0 aromatic carbocycles. The van der Waals surface area contributed by atoms with Crippen molar-refractivity contribution in [3.63, 3.8) is 0 Å². The molecule has 21 heavy (non-hydrogen) atoms. The van der Waals surface area contributed by atoms with E-state index in [1.54, 1.807) is 0 Å². The molecule has 2 saturated heterocycles. The third-order valence-corrected chi connectivity index (χ3v) is 4.53. The van der Waals surface area contributed by atoms with Gasteiger partial charge >= 0.3 is 5.97 Å². The summed E-state index contributed by atoms with van der Waals surface area (Å²) in [7, 11) is 0. The Balaban J connectivity index is 2.19. The van der Waals surface area contributed by atoms with Crippen molar-refractivity contribution in [1.82, 2.24) is 5.32 Å². The number of hydrogen-bond acceptors (Lipinski definition) is 5. The zero-order valence-corrected chi connectivity index (χ0v) is 14.0. The lowest BCUT2D eigenvalue weighted by Crippen LogP contribution is -2.64. The molecule has 2 aliphatic heterocycles. The minimum absolute atomic E-state index is 0.177. The molecule has 0 aromatic rings. The van der Waals surface area contributed by atoms with E-state index in [1.807, 2.05) is 34.6 Å². The van der Waals surface area contributed by atoms with Gasteiger partial charge in [0, 0.05) is 19.6 Å². The smallest absolute Gasteiger partial charge is 0.329 e. The molecule has 2 atom stereocenters. The van der Waals surface area contributed by atoms with E-state index in [2.05, 4.69) is 5.32 Å². The second-order valence-corrected chi connectivity index (χ2v) is 7.19. The van der Waals surface area contributed by atoms with Crippen LogP contribution in [0.2, 0.25) is 0 Å². The standard InChI is InChI=1S/C16H29NO4/c1-6-19-13(18)16(17-10-12-8-7-9-20-12)11-14(2,3)21-15(16,4)5/h12,17H,6-11H2,1-5H3. The highest BCUT2D eigenvalue weighted by atomic mass is 16.6. The molecular weight excluding hydrogens is 270 g/mol. The van der Waals surface area contributed by atoms with Gasteiger partial charge in [-0.25, -0.2) is 4.79 Å². The number of carbonyl (C=O) groups excluding carboxylic acids is 1. The molecular formula is C16H29NO4. The van der Waals surface area contributed by atoms with Crippen molar-refractivity contribution in [3.05, 3.63) is 0 Å². The van der Waals surface area contributed by atoms with Crippen LogP contribution in [0.25, 0.3) is 0 Å². The van der Waals surface area contributed by atoms with Crippen molar-refractivity contribution in [3.8, 4) is 0 Å². The summed E-state index contributed by atoms with van der Waals surface area (Å²) < 4.78 is 17.1. The molecule has 2 heterocycles. The van der Waals surface area contributed by atoms with Crippen molar-refractivity contribution < 1.29 is 19.0 Å². The fourth-order valence-corrected chi connectivity index (χ4v) is 3.68. The summed E-state index contributed by atoms with van der Waals surface area (Å²) in [6, 6.07) is 0. The van der Waals surface area contributed by atoms with Crippen molar-refractivity contribution in [1.29, 1.82) is 0 Å². The number of rotatable bonds is 5. The third-order valence-electron chi connectivity index (χ3n) is 4.53. The Bertz CT molecular complexity index is 388. The Morgan fingerprint density at radius 2 is 2.05 bits per heavy atom. The first-order valence-electron chi connectivity index (χ1n) is 7.96. The lowest BCUT2D eigenvalue weighted by atomic mass is 9.78. The molecule has 0 aliphatic carbocycles. The zero-order valence-electron chi connectivity index (χ0n) is 14.0. The first-order valence-corrected chi connectivity index (χ1v) is 7.96. The average Bonchev–Trinajstić information content (AvgIpc) is 2.91. The quantitative estimate of drug-likeness (QED) is 0.787. The first-order chi connectivity index (χ1) is 9.72. The number of nitrogens with one attached hydrogen (secondary N) is 1. The van der Waals surface area contributed by atoms with Crippen LogP contribution in [0, 0.1) is 0 Å².